The molecule has 3 aromatic heterocycles. The van der Waals surface area contributed by atoms with Crippen LogP contribution in [0.15, 0.2) is 64.3 Å². The van der Waals surface area contributed by atoms with Crippen molar-refractivity contribution < 1.29 is 4.52 Å². The van der Waals surface area contributed by atoms with Gasteiger partial charge in [-0.2, -0.15) is 4.98 Å². The highest BCUT2D eigenvalue weighted by Crippen LogP contribution is 2.07. The van der Waals surface area contributed by atoms with E-state index in [1.807, 2.05) is 30.3 Å². The van der Waals surface area contributed by atoms with Gasteiger partial charge in [0.1, 0.15) is 0 Å². The molecule has 0 atom stereocenters. The van der Waals surface area contributed by atoms with Crippen LogP contribution in [-0.2, 0) is 19.4 Å². The summed E-state index contributed by atoms with van der Waals surface area (Å²) in [6, 6.07) is 13.4. The first-order valence-electron chi connectivity index (χ1n) is 7.95. The van der Waals surface area contributed by atoms with Gasteiger partial charge in [-0.3, -0.25) is 9.36 Å². The molecule has 0 radical (unpaired) electrons. The lowest BCUT2D eigenvalue weighted by molar-refractivity contribution is 0.366. The average Bonchev–Trinajstić information content (AvgIpc) is 3.10. The van der Waals surface area contributed by atoms with Crippen molar-refractivity contribution >= 4 is 11.0 Å². The van der Waals surface area contributed by atoms with Crippen LogP contribution in [0.2, 0.25) is 0 Å². The molecule has 4 aromatic rings. The van der Waals surface area contributed by atoms with Crippen molar-refractivity contribution in [2.24, 2.45) is 0 Å². The monoisotopic (exact) mass is 333 g/mol. The van der Waals surface area contributed by atoms with E-state index in [0.29, 0.717) is 42.1 Å². The second-order valence-corrected chi connectivity index (χ2v) is 5.63. The van der Waals surface area contributed by atoms with E-state index in [-0.39, 0.29) is 5.56 Å². The van der Waals surface area contributed by atoms with Gasteiger partial charge in [-0.25, -0.2) is 9.97 Å². The molecule has 0 amide bonds. The molecule has 0 saturated carbocycles. The summed E-state index contributed by atoms with van der Waals surface area (Å²) in [6.45, 7) is 0.420. The first-order chi connectivity index (χ1) is 12.3. The SMILES string of the molecule is O=c1c2cccnc2ncn1CCc1nc(Cc2ccccc2)no1. The Morgan fingerprint density at radius 1 is 1.04 bits per heavy atom. The minimum Gasteiger partial charge on any atom is -0.339 e. The van der Waals surface area contributed by atoms with Crippen LogP contribution in [0.25, 0.3) is 11.0 Å². The Labute approximate surface area is 143 Å². The Hall–Kier alpha value is -3.35. The van der Waals surface area contributed by atoms with Crippen molar-refractivity contribution in [2.45, 2.75) is 19.4 Å². The van der Waals surface area contributed by atoms with Crippen molar-refractivity contribution in [1.82, 2.24) is 24.7 Å². The van der Waals surface area contributed by atoms with E-state index in [0.717, 1.165) is 5.56 Å². The predicted octanol–water partition coefficient (Wildman–Crippen LogP) is 2.01. The summed E-state index contributed by atoms with van der Waals surface area (Å²) in [7, 11) is 0. The molecule has 0 aliphatic carbocycles. The molecule has 0 aliphatic heterocycles. The zero-order chi connectivity index (χ0) is 17.1. The van der Waals surface area contributed by atoms with Crippen molar-refractivity contribution in [1.29, 1.82) is 0 Å². The van der Waals surface area contributed by atoms with E-state index < -0.39 is 0 Å². The molecule has 7 nitrogen and oxygen atoms in total. The van der Waals surface area contributed by atoms with Crippen LogP contribution in [-0.4, -0.2) is 24.7 Å². The largest absolute Gasteiger partial charge is 0.339 e. The van der Waals surface area contributed by atoms with Gasteiger partial charge in [0.25, 0.3) is 5.56 Å². The highest BCUT2D eigenvalue weighted by atomic mass is 16.5. The van der Waals surface area contributed by atoms with Gasteiger partial charge in [0.05, 0.1) is 11.7 Å². The molecule has 3 heterocycles. The topological polar surface area (TPSA) is 86.7 Å². The average molecular weight is 333 g/mol. The third-order valence-corrected chi connectivity index (χ3v) is 3.88. The van der Waals surface area contributed by atoms with Gasteiger partial charge in [-0.15, -0.1) is 0 Å². The second-order valence-electron chi connectivity index (χ2n) is 5.63. The molecular weight excluding hydrogens is 318 g/mol. The Morgan fingerprint density at radius 3 is 2.80 bits per heavy atom. The Balaban J connectivity index is 1.47. The summed E-state index contributed by atoms with van der Waals surface area (Å²) in [5.74, 6) is 1.14. The number of aromatic nitrogens is 5. The van der Waals surface area contributed by atoms with Crippen LogP contribution in [0.1, 0.15) is 17.3 Å². The van der Waals surface area contributed by atoms with Gasteiger partial charge in [0.2, 0.25) is 5.89 Å². The fourth-order valence-corrected chi connectivity index (χ4v) is 2.62. The maximum absolute atomic E-state index is 12.4. The van der Waals surface area contributed by atoms with E-state index >= 15 is 0 Å². The van der Waals surface area contributed by atoms with Gasteiger partial charge >= 0.3 is 0 Å². The van der Waals surface area contributed by atoms with Gasteiger partial charge in [0.15, 0.2) is 11.5 Å². The lowest BCUT2D eigenvalue weighted by Crippen LogP contribution is -2.22. The van der Waals surface area contributed by atoms with Crippen molar-refractivity contribution in [3.05, 3.63) is 82.6 Å². The molecule has 0 fully saturated rings. The summed E-state index contributed by atoms with van der Waals surface area (Å²) in [4.78, 5) is 25.1. The quantitative estimate of drug-likeness (QED) is 0.555. The molecule has 0 N–H and O–H groups in total. The normalized spacial score (nSPS) is 11.0. The number of nitrogens with zero attached hydrogens (tertiary/aromatic N) is 5. The number of benzene rings is 1. The standard InChI is InChI=1S/C18H15N5O2/c24-18-14-7-4-9-19-17(14)20-12-23(18)10-8-16-21-15(22-25-16)11-13-5-2-1-3-6-13/h1-7,9,12H,8,10-11H2. The van der Waals surface area contributed by atoms with Crippen molar-refractivity contribution in [3.63, 3.8) is 0 Å². The summed E-state index contributed by atoms with van der Waals surface area (Å²) >= 11 is 0. The van der Waals surface area contributed by atoms with Gasteiger partial charge in [0, 0.05) is 25.6 Å². The smallest absolute Gasteiger partial charge is 0.262 e. The molecule has 0 spiro atoms. The number of hydrogen-bond donors (Lipinski definition) is 0. The number of aryl methyl sites for hydroxylation is 2. The van der Waals surface area contributed by atoms with E-state index in [4.69, 9.17) is 4.52 Å². The van der Waals surface area contributed by atoms with E-state index in [2.05, 4.69) is 20.1 Å². The number of fused-ring (bicyclic) bond motifs is 1. The van der Waals surface area contributed by atoms with Crippen LogP contribution in [0.3, 0.4) is 0 Å². The van der Waals surface area contributed by atoms with Gasteiger partial charge < -0.3 is 4.52 Å². The molecule has 4 rings (SSSR count). The van der Waals surface area contributed by atoms with E-state index in [1.54, 1.807) is 18.3 Å². The van der Waals surface area contributed by atoms with Crippen LogP contribution in [0, 0.1) is 0 Å². The van der Waals surface area contributed by atoms with Crippen LogP contribution in [0.4, 0.5) is 0 Å². The molecule has 0 unspecified atom stereocenters. The maximum atomic E-state index is 12.4. The lowest BCUT2D eigenvalue weighted by Gasteiger charge is -2.03. The molecule has 7 heteroatoms. The maximum Gasteiger partial charge on any atom is 0.262 e. The molecule has 0 bridgehead atoms. The third-order valence-electron chi connectivity index (χ3n) is 3.88. The molecule has 0 aliphatic rings. The van der Waals surface area contributed by atoms with E-state index in [9.17, 15) is 4.79 Å². The van der Waals surface area contributed by atoms with Gasteiger partial charge in [-0.05, 0) is 17.7 Å². The fourth-order valence-electron chi connectivity index (χ4n) is 2.62. The Bertz CT molecular complexity index is 1060. The Morgan fingerprint density at radius 2 is 1.92 bits per heavy atom. The first kappa shape index (κ1) is 15.2. The predicted molar refractivity (Wildman–Crippen MR) is 91.0 cm³/mol. The summed E-state index contributed by atoms with van der Waals surface area (Å²) < 4.78 is 6.81. The number of rotatable bonds is 5. The minimum atomic E-state index is -0.123. The lowest BCUT2D eigenvalue weighted by atomic mass is 10.1. The highest BCUT2D eigenvalue weighted by Gasteiger charge is 2.09. The van der Waals surface area contributed by atoms with Crippen LogP contribution >= 0.6 is 0 Å². The van der Waals surface area contributed by atoms with Gasteiger partial charge in [-0.1, -0.05) is 35.5 Å². The molecule has 124 valence electrons. The minimum absolute atomic E-state index is 0.123. The summed E-state index contributed by atoms with van der Waals surface area (Å²) in [6.07, 6.45) is 4.20. The number of hydrogen-bond acceptors (Lipinski definition) is 6. The van der Waals surface area contributed by atoms with Crippen LogP contribution in [0.5, 0.6) is 0 Å². The molecule has 1 aromatic carbocycles. The molecule has 0 saturated heterocycles. The molecular formula is C18H15N5O2. The van der Waals surface area contributed by atoms with E-state index in [1.165, 1.54) is 10.9 Å². The summed E-state index contributed by atoms with van der Waals surface area (Å²) in [5, 5.41) is 4.50. The Kier molecular flexibility index (Phi) is 4.04. The number of pyridine rings is 1. The first-order valence-corrected chi connectivity index (χ1v) is 7.95. The fraction of sp³-hybridized carbons (Fsp3) is 0.167. The third kappa shape index (κ3) is 3.30. The zero-order valence-electron chi connectivity index (χ0n) is 13.4. The van der Waals surface area contributed by atoms with Crippen molar-refractivity contribution in [3.8, 4) is 0 Å². The second kappa shape index (κ2) is 6.64. The highest BCUT2D eigenvalue weighted by molar-refractivity contribution is 5.72. The van der Waals surface area contributed by atoms with Crippen molar-refractivity contribution in [2.75, 3.05) is 0 Å². The van der Waals surface area contributed by atoms with Crippen LogP contribution < -0.4 is 5.56 Å². The zero-order valence-corrected chi connectivity index (χ0v) is 13.4. The summed E-state index contributed by atoms with van der Waals surface area (Å²) in [5.41, 5.74) is 1.45. The molecule has 25 heavy (non-hydrogen) atoms.